The highest BCUT2D eigenvalue weighted by Crippen LogP contribution is 2.22. The van der Waals surface area contributed by atoms with Crippen LogP contribution in [0.2, 0.25) is 0 Å². The SMILES string of the molecule is COc1cc(C)c(/C=C/C(=O)Nc2ccn[nH]2)c(C)c1. The van der Waals surface area contributed by atoms with E-state index in [-0.39, 0.29) is 5.91 Å². The Morgan fingerprint density at radius 2 is 2.05 bits per heavy atom. The Labute approximate surface area is 117 Å². The van der Waals surface area contributed by atoms with Crippen LogP contribution in [0.4, 0.5) is 5.82 Å². The summed E-state index contributed by atoms with van der Waals surface area (Å²) in [4.78, 5) is 11.8. The van der Waals surface area contributed by atoms with E-state index < -0.39 is 0 Å². The topological polar surface area (TPSA) is 67.0 Å². The molecular weight excluding hydrogens is 254 g/mol. The minimum Gasteiger partial charge on any atom is -0.497 e. The second kappa shape index (κ2) is 6.06. The van der Waals surface area contributed by atoms with Gasteiger partial charge in [0.15, 0.2) is 0 Å². The normalized spacial score (nSPS) is 10.8. The fourth-order valence-electron chi connectivity index (χ4n) is 1.97. The number of benzene rings is 1. The zero-order valence-electron chi connectivity index (χ0n) is 11.7. The van der Waals surface area contributed by atoms with Gasteiger partial charge in [-0.1, -0.05) is 0 Å². The van der Waals surface area contributed by atoms with Crippen LogP contribution >= 0.6 is 0 Å². The molecule has 20 heavy (non-hydrogen) atoms. The van der Waals surface area contributed by atoms with Crippen LogP contribution in [0.5, 0.6) is 5.75 Å². The van der Waals surface area contributed by atoms with Gasteiger partial charge in [0.2, 0.25) is 5.91 Å². The first-order chi connectivity index (χ1) is 9.60. The van der Waals surface area contributed by atoms with Gasteiger partial charge < -0.3 is 10.1 Å². The monoisotopic (exact) mass is 271 g/mol. The lowest BCUT2D eigenvalue weighted by Gasteiger charge is -2.08. The smallest absolute Gasteiger partial charge is 0.249 e. The van der Waals surface area contributed by atoms with E-state index in [2.05, 4.69) is 15.5 Å². The van der Waals surface area contributed by atoms with E-state index in [9.17, 15) is 4.79 Å². The van der Waals surface area contributed by atoms with E-state index in [1.54, 1.807) is 25.4 Å². The molecule has 2 aromatic rings. The van der Waals surface area contributed by atoms with Crippen molar-refractivity contribution in [3.63, 3.8) is 0 Å². The standard InChI is InChI=1S/C15H17N3O2/c1-10-8-12(20-3)9-11(2)13(10)4-5-15(19)17-14-6-7-16-18-14/h4-9H,1-3H3,(H2,16,17,18,19)/b5-4+. The summed E-state index contributed by atoms with van der Waals surface area (Å²) in [6.07, 6.45) is 4.88. The number of carbonyl (C=O) groups excluding carboxylic acids is 1. The highest BCUT2D eigenvalue weighted by atomic mass is 16.5. The summed E-state index contributed by atoms with van der Waals surface area (Å²) in [5, 5.41) is 9.12. The number of anilines is 1. The van der Waals surface area contributed by atoms with Crippen molar-refractivity contribution in [3.8, 4) is 5.75 Å². The number of ether oxygens (including phenoxy) is 1. The number of amides is 1. The number of nitrogens with zero attached hydrogens (tertiary/aromatic N) is 1. The molecule has 0 radical (unpaired) electrons. The maximum atomic E-state index is 11.8. The molecule has 0 bridgehead atoms. The van der Waals surface area contributed by atoms with Crippen LogP contribution in [0.25, 0.3) is 6.08 Å². The number of carbonyl (C=O) groups is 1. The zero-order chi connectivity index (χ0) is 14.5. The van der Waals surface area contributed by atoms with Gasteiger partial charge in [0.1, 0.15) is 11.6 Å². The molecule has 5 heteroatoms. The van der Waals surface area contributed by atoms with Crippen LogP contribution in [-0.2, 0) is 4.79 Å². The molecule has 2 N–H and O–H groups in total. The van der Waals surface area contributed by atoms with Gasteiger partial charge >= 0.3 is 0 Å². The number of hydrogen-bond acceptors (Lipinski definition) is 3. The van der Waals surface area contributed by atoms with Crippen LogP contribution in [0.15, 0.2) is 30.5 Å². The molecule has 104 valence electrons. The van der Waals surface area contributed by atoms with Crippen molar-refractivity contribution in [2.75, 3.05) is 12.4 Å². The maximum absolute atomic E-state index is 11.8. The van der Waals surface area contributed by atoms with Crippen LogP contribution in [0.1, 0.15) is 16.7 Å². The first-order valence-electron chi connectivity index (χ1n) is 6.24. The number of rotatable bonds is 4. The number of aryl methyl sites for hydroxylation is 2. The number of methoxy groups -OCH3 is 1. The fraction of sp³-hybridized carbons (Fsp3) is 0.200. The minimum absolute atomic E-state index is 0.205. The van der Waals surface area contributed by atoms with Crippen molar-refractivity contribution in [3.05, 3.63) is 47.2 Å². The van der Waals surface area contributed by atoms with E-state index >= 15 is 0 Å². The second-order valence-electron chi connectivity index (χ2n) is 4.47. The third-order valence-corrected chi connectivity index (χ3v) is 2.96. The van der Waals surface area contributed by atoms with Crippen molar-refractivity contribution in [2.45, 2.75) is 13.8 Å². The average Bonchev–Trinajstić information content (AvgIpc) is 2.90. The Morgan fingerprint density at radius 3 is 2.60 bits per heavy atom. The molecule has 2 rings (SSSR count). The highest BCUT2D eigenvalue weighted by Gasteiger charge is 2.04. The largest absolute Gasteiger partial charge is 0.497 e. The van der Waals surface area contributed by atoms with Gasteiger partial charge in [-0.05, 0) is 48.7 Å². The molecule has 0 fully saturated rings. The summed E-state index contributed by atoms with van der Waals surface area (Å²) in [5.74, 6) is 1.19. The van der Waals surface area contributed by atoms with E-state index in [1.165, 1.54) is 6.08 Å². The van der Waals surface area contributed by atoms with Crippen LogP contribution in [-0.4, -0.2) is 23.2 Å². The van der Waals surface area contributed by atoms with Gasteiger partial charge in [-0.3, -0.25) is 9.89 Å². The summed E-state index contributed by atoms with van der Waals surface area (Å²) >= 11 is 0. The lowest BCUT2D eigenvalue weighted by Crippen LogP contribution is -2.08. The molecule has 0 saturated heterocycles. The minimum atomic E-state index is -0.205. The first kappa shape index (κ1) is 13.9. The molecular formula is C15H17N3O2. The van der Waals surface area contributed by atoms with Crippen LogP contribution in [0, 0.1) is 13.8 Å². The Hall–Kier alpha value is -2.56. The maximum Gasteiger partial charge on any atom is 0.249 e. The van der Waals surface area contributed by atoms with Crippen molar-refractivity contribution < 1.29 is 9.53 Å². The molecule has 0 aliphatic rings. The first-order valence-corrected chi connectivity index (χ1v) is 6.24. The van der Waals surface area contributed by atoms with Crippen molar-refractivity contribution in [1.82, 2.24) is 10.2 Å². The lowest BCUT2D eigenvalue weighted by molar-refractivity contribution is -0.111. The third-order valence-electron chi connectivity index (χ3n) is 2.96. The molecule has 0 atom stereocenters. The van der Waals surface area contributed by atoms with Crippen LogP contribution in [0.3, 0.4) is 0 Å². The second-order valence-corrected chi connectivity index (χ2v) is 4.47. The molecule has 1 aromatic carbocycles. The molecule has 0 spiro atoms. The van der Waals surface area contributed by atoms with E-state index in [0.717, 1.165) is 22.4 Å². The Kier molecular flexibility index (Phi) is 4.20. The Bertz CT molecular complexity index is 608. The van der Waals surface area contributed by atoms with Gasteiger partial charge in [-0.25, -0.2) is 0 Å². The van der Waals surface area contributed by atoms with E-state index in [1.807, 2.05) is 26.0 Å². The van der Waals surface area contributed by atoms with Crippen LogP contribution < -0.4 is 10.1 Å². The van der Waals surface area contributed by atoms with Crippen molar-refractivity contribution in [1.29, 1.82) is 0 Å². The summed E-state index contributed by atoms with van der Waals surface area (Å²) in [7, 11) is 1.64. The molecule has 0 saturated carbocycles. The lowest BCUT2D eigenvalue weighted by atomic mass is 10.0. The fourth-order valence-corrected chi connectivity index (χ4v) is 1.97. The van der Waals surface area contributed by atoms with Gasteiger partial charge in [-0.15, -0.1) is 0 Å². The molecule has 0 unspecified atom stereocenters. The molecule has 0 aliphatic carbocycles. The summed E-state index contributed by atoms with van der Waals surface area (Å²) in [5.41, 5.74) is 3.14. The summed E-state index contributed by atoms with van der Waals surface area (Å²) in [6.45, 7) is 3.98. The molecule has 5 nitrogen and oxygen atoms in total. The molecule has 1 amide bonds. The van der Waals surface area contributed by atoms with Crippen molar-refractivity contribution in [2.24, 2.45) is 0 Å². The zero-order valence-corrected chi connectivity index (χ0v) is 11.7. The van der Waals surface area contributed by atoms with Crippen molar-refractivity contribution >= 4 is 17.8 Å². The van der Waals surface area contributed by atoms with Gasteiger partial charge in [-0.2, -0.15) is 5.10 Å². The predicted octanol–water partition coefficient (Wildman–Crippen LogP) is 2.69. The van der Waals surface area contributed by atoms with E-state index in [4.69, 9.17) is 4.74 Å². The van der Waals surface area contributed by atoms with Gasteiger partial charge in [0.05, 0.1) is 13.3 Å². The van der Waals surface area contributed by atoms with E-state index in [0.29, 0.717) is 5.82 Å². The predicted molar refractivity (Wildman–Crippen MR) is 78.7 cm³/mol. The number of H-pyrrole nitrogens is 1. The highest BCUT2D eigenvalue weighted by molar-refractivity contribution is 6.01. The number of aromatic amines is 1. The number of nitrogens with one attached hydrogen (secondary N) is 2. The molecule has 1 heterocycles. The quantitative estimate of drug-likeness (QED) is 0.840. The van der Waals surface area contributed by atoms with Gasteiger partial charge in [0.25, 0.3) is 0 Å². The average molecular weight is 271 g/mol. The molecule has 0 aliphatic heterocycles. The Balaban J connectivity index is 2.13. The summed E-state index contributed by atoms with van der Waals surface area (Å²) < 4.78 is 5.21. The number of hydrogen-bond donors (Lipinski definition) is 2. The third kappa shape index (κ3) is 3.26. The summed E-state index contributed by atoms with van der Waals surface area (Å²) in [6, 6.07) is 5.58. The molecule has 1 aromatic heterocycles. The number of aromatic nitrogens is 2. The Morgan fingerprint density at radius 1 is 1.35 bits per heavy atom. The van der Waals surface area contributed by atoms with Gasteiger partial charge in [0, 0.05) is 12.1 Å².